The topological polar surface area (TPSA) is 108 Å². The van der Waals surface area contributed by atoms with Crippen LogP contribution in [0.2, 0.25) is 0 Å². The minimum Gasteiger partial charge on any atom is -0.507 e. The van der Waals surface area contributed by atoms with E-state index in [4.69, 9.17) is 10.8 Å². The van der Waals surface area contributed by atoms with Crippen LogP contribution >= 0.6 is 0 Å². The molecular formula is C20H19N3O3. The molecule has 0 bridgehead atoms. The summed E-state index contributed by atoms with van der Waals surface area (Å²) in [5.41, 5.74) is 9.66. The number of nitrogens with two attached hydrogens (primary N) is 1. The highest BCUT2D eigenvalue weighted by atomic mass is 16.4. The zero-order chi connectivity index (χ0) is 18.5. The predicted molar refractivity (Wildman–Crippen MR) is 100.0 cm³/mol. The molecule has 26 heavy (non-hydrogen) atoms. The summed E-state index contributed by atoms with van der Waals surface area (Å²) in [5, 5.41) is 22.2. The Kier molecular flexibility index (Phi) is 5.15. The maximum atomic E-state index is 11.0. The van der Waals surface area contributed by atoms with Gasteiger partial charge in [-0.1, -0.05) is 24.3 Å². The summed E-state index contributed by atoms with van der Waals surface area (Å²) >= 11 is 0. The summed E-state index contributed by atoms with van der Waals surface area (Å²) in [7, 11) is 0. The highest BCUT2D eigenvalue weighted by Gasteiger charge is 2.11. The molecule has 5 N–H and O–H groups in total. The molecule has 0 aliphatic rings. The van der Waals surface area contributed by atoms with Crippen molar-refractivity contribution in [3.8, 4) is 17.0 Å². The highest BCUT2D eigenvalue weighted by Crippen LogP contribution is 2.25. The Balaban J connectivity index is 1.78. The number of aromatic nitrogens is 1. The molecule has 0 atom stereocenters. The van der Waals surface area contributed by atoms with Crippen molar-refractivity contribution in [1.29, 1.82) is 0 Å². The predicted octanol–water partition coefficient (Wildman–Crippen LogP) is 3.22. The SMILES string of the molecule is NCc1cccc(NCc2cccc(-c3ccc(C(=O)O)c(O)c3)n2)c1. The number of aromatic carboxylic acids is 1. The van der Waals surface area contributed by atoms with Crippen molar-refractivity contribution in [1.82, 2.24) is 4.98 Å². The van der Waals surface area contributed by atoms with Crippen molar-refractivity contribution in [3.05, 3.63) is 77.5 Å². The van der Waals surface area contributed by atoms with Crippen molar-refractivity contribution in [2.24, 2.45) is 5.73 Å². The fourth-order valence-corrected chi connectivity index (χ4v) is 2.61. The number of carboxylic acid groups (broad SMARTS) is 1. The number of phenols is 1. The van der Waals surface area contributed by atoms with Gasteiger partial charge in [0.25, 0.3) is 0 Å². The monoisotopic (exact) mass is 349 g/mol. The number of carbonyl (C=O) groups is 1. The van der Waals surface area contributed by atoms with Gasteiger partial charge in [0.05, 0.1) is 17.9 Å². The molecule has 0 aliphatic heterocycles. The molecule has 0 saturated carbocycles. The molecule has 3 rings (SSSR count). The summed E-state index contributed by atoms with van der Waals surface area (Å²) in [6.45, 7) is 1.01. The van der Waals surface area contributed by atoms with Gasteiger partial charge in [0.15, 0.2) is 0 Å². The normalized spacial score (nSPS) is 10.5. The minimum atomic E-state index is -1.17. The third-order valence-electron chi connectivity index (χ3n) is 3.97. The van der Waals surface area contributed by atoms with E-state index in [9.17, 15) is 9.90 Å². The Morgan fingerprint density at radius 2 is 1.88 bits per heavy atom. The average Bonchev–Trinajstić information content (AvgIpc) is 2.66. The number of nitrogens with zero attached hydrogens (tertiary/aromatic N) is 1. The number of carboxylic acids is 1. The molecule has 0 fully saturated rings. The Labute approximate surface area is 150 Å². The third-order valence-corrected chi connectivity index (χ3v) is 3.97. The van der Waals surface area contributed by atoms with E-state index in [1.165, 1.54) is 12.1 Å². The van der Waals surface area contributed by atoms with E-state index < -0.39 is 5.97 Å². The number of hydrogen-bond acceptors (Lipinski definition) is 5. The molecule has 1 heterocycles. The van der Waals surface area contributed by atoms with Crippen LogP contribution in [0.3, 0.4) is 0 Å². The van der Waals surface area contributed by atoms with Gasteiger partial charge < -0.3 is 21.3 Å². The molecule has 3 aromatic rings. The molecule has 0 spiro atoms. The quantitative estimate of drug-likeness (QED) is 0.544. The third kappa shape index (κ3) is 3.99. The minimum absolute atomic E-state index is 0.133. The van der Waals surface area contributed by atoms with Gasteiger partial charge in [-0.3, -0.25) is 4.98 Å². The van der Waals surface area contributed by atoms with Gasteiger partial charge in [-0.15, -0.1) is 0 Å². The van der Waals surface area contributed by atoms with Crippen LogP contribution in [0.5, 0.6) is 5.75 Å². The number of rotatable bonds is 6. The van der Waals surface area contributed by atoms with Crippen LogP contribution in [0.4, 0.5) is 5.69 Å². The fraction of sp³-hybridized carbons (Fsp3) is 0.100. The lowest BCUT2D eigenvalue weighted by Gasteiger charge is -2.09. The van der Waals surface area contributed by atoms with E-state index >= 15 is 0 Å². The molecule has 1 aromatic heterocycles. The molecule has 6 nitrogen and oxygen atoms in total. The van der Waals surface area contributed by atoms with Crippen molar-refractivity contribution in [2.45, 2.75) is 13.1 Å². The van der Waals surface area contributed by atoms with E-state index in [2.05, 4.69) is 10.3 Å². The van der Waals surface area contributed by atoms with E-state index in [0.717, 1.165) is 16.9 Å². The number of hydrogen-bond donors (Lipinski definition) is 4. The van der Waals surface area contributed by atoms with Gasteiger partial charge in [-0.25, -0.2) is 4.79 Å². The molecule has 0 saturated heterocycles. The van der Waals surface area contributed by atoms with Crippen LogP contribution in [0.1, 0.15) is 21.6 Å². The van der Waals surface area contributed by atoms with E-state index in [1.54, 1.807) is 6.07 Å². The van der Waals surface area contributed by atoms with Crippen LogP contribution in [0.25, 0.3) is 11.3 Å². The van der Waals surface area contributed by atoms with Crippen molar-refractivity contribution < 1.29 is 15.0 Å². The second kappa shape index (κ2) is 7.67. The summed E-state index contributed by atoms with van der Waals surface area (Å²) in [6.07, 6.45) is 0. The van der Waals surface area contributed by atoms with Crippen LogP contribution in [0, 0.1) is 0 Å². The number of benzene rings is 2. The van der Waals surface area contributed by atoms with Crippen molar-refractivity contribution in [3.63, 3.8) is 0 Å². The van der Waals surface area contributed by atoms with Crippen molar-refractivity contribution >= 4 is 11.7 Å². The first-order valence-electron chi connectivity index (χ1n) is 8.12. The largest absolute Gasteiger partial charge is 0.507 e. The average molecular weight is 349 g/mol. The second-order valence-electron chi connectivity index (χ2n) is 5.81. The standard InChI is InChI=1S/C20H19N3O3/c21-11-13-3-1-4-15(9-13)22-12-16-5-2-6-18(23-16)14-7-8-17(20(25)26)19(24)10-14/h1-10,22,24H,11-12,21H2,(H,25,26). The molecule has 0 radical (unpaired) electrons. The van der Waals surface area contributed by atoms with Gasteiger partial charge in [0.1, 0.15) is 11.3 Å². The van der Waals surface area contributed by atoms with Crippen LogP contribution in [-0.4, -0.2) is 21.2 Å². The summed E-state index contributed by atoms with van der Waals surface area (Å²) in [6, 6.07) is 17.9. The van der Waals surface area contributed by atoms with Crippen LogP contribution in [0.15, 0.2) is 60.7 Å². The molecule has 2 aromatic carbocycles. The molecule has 0 amide bonds. The zero-order valence-electron chi connectivity index (χ0n) is 14.0. The maximum absolute atomic E-state index is 11.0. The first-order chi connectivity index (χ1) is 12.6. The number of nitrogens with one attached hydrogen (secondary N) is 1. The molecule has 132 valence electrons. The summed E-state index contributed by atoms with van der Waals surface area (Å²) < 4.78 is 0. The van der Waals surface area contributed by atoms with Gasteiger partial charge >= 0.3 is 5.97 Å². The number of pyridine rings is 1. The van der Waals surface area contributed by atoms with E-state index in [1.807, 2.05) is 42.5 Å². The van der Waals surface area contributed by atoms with E-state index in [0.29, 0.717) is 24.3 Å². The van der Waals surface area contributed by atoms with Crippen molar-refractivity contribution in [2.75, 3.05) is 5.32 Å². The molecular weight excluding hydrogens is 330 g/mol. The van der Waals surface area contributed by atoms with Gasteiger partial charge in [-0.05, 0) is 42.0 Å². The molecule has 6 heteroatoms. The highest BCUT2D eigenvalue weighted by molar-refractivity contribution is 5.91. The van der Waals surface area contributed by atoms with Crippen LogP contribution < -0.4 is 11.1 Å². The van der Waals surface area contributed by atoms with Gasteiger partial charge in [0, 0.05) is 17.8 Å². The maximum Gasteiger partial charge on any atom is 0.339 e. The first-order valence-corrected chi connectivity index (χ1v) is 8.12. The Hall–Kier alpha value is -3.38. The lowest BCUT2D eigenvalue weighted by atomic mass is 10.1. The Morgan fingerprint density at radius 3 is 2.62 bits per heavy atom. The molecule has 0 aliphatic carbocycles. The smallest absolute Gasteiger partial charge is 0.339 e. The summed E-state index contributed by atoms with van der Waals surface area (Å²) in [5.74, 6) is -1.45. The number of aromatic hydroxyl groups is 1. The van der Waals surface area contributed by atoms with Gasteiger partial charge in [0.2, 0.25) is 0 Å². The van der Waals surface area contributed by atoms with Crippen LogP contribution in [-0.2, 0) is 13.1 Å². The summed E-state index contributed by atoms with van der Waals surface area (Å²) in [4.78, 5) is 15.6. The fourth-order valence-electron chi connectivity index (χ4n) is 2.61. The van der Waals surface area contributed by atoms with E-state index in [-0.39, 0.29) is 11.3 Å². The Morgan fingerprint density at radius 1 is 1.08 bits per heavy atom. The number of anilines is 1. The second-order valence-corrected chi connectivity index (χ2v) is 5.81. The first kappa shape index (κ1) is 17.4. The lowest BCUT2D eigenvalue weighted by Crippen LogP contribution is -2.03. The Bertz CT molecular complexity index is 941. The molecule has 0 unspecified atom stereocenters. The van der Waals surface area contributed by atoms with Gasteiger partial charge in [-0.2, -0.15) is 0 Å². The lowest BCUT2D eigenvalue weighted by molar-refractivity contribution is 0.0694. The zero-order valence-corrected chi connectivity index (χ0v) is 14.0.